The Labute approximate surface area is 208 Å². The van der Waals surface area contributed by atoms with Crippen molar-refractivity contribution in [1.29, 1.82) is 0 Å². The van der Waals surface area contributed by atoms with Gasteiger partial charge in [-0.3, -0.25) is 0 Å². The Morgan fingerprint density at radius 2 is 0.882 bits per heavy atom. The van der Waals surface area contributed by atoms with Crippen LogP contribution in [0.1, 0.15) is 113 Å². The quantitative estimate of drug-likeness (QED) is 0.443. The monoisotopic (exact) mass is 462 g/mol. The summed E-state index contributed by atoms with van der Waals surface area (Å²) in [5.41, 5.74) is 7.86. The van der Waals surface area contributed by atoms with Gasteiger partial charge in [-0.15, -0.1) is 0 Å². The fourth-order valence-electron chi connectivity index (χ4n) is 4.93. The van der Waals surface area contributed by atoms with E-state index in [2.05, 4.69) is 78.0 Å². The van der Waals surface area contributed by atoms with Crippen molar-refractivity contribution in [3.8, 4) is 11.5 Å². The van der Waals surface area contributed by atoms with Gasteiger partial charge < -0.3 is 9.47 Å². The normalized spacial score (nSPS) is 16.7. The molecule has 4 bridgehead atoms. The smallest absolute Gasteiger partial charge is 0.129 e. The Bertz CT molecular complexity index is 918. The molecule has 34 heavy (non-hydrogen) atoms. The number of fused-ring (bicyclic) bond motifs is 4. The van der Waals surface area contributed by atoms with Gasteiger partial charge in [0.15, 0.2) is 0 Å². The van der Waals surface area contributed by atoms with Crippen molar-refractivity contribution in [2.45, 2.75) is 104 Å². The van der Waals surface area contributed by atoms with Crippen molar-refractivity contribution >= 4 is 12.2 Å². The van der Waals surface area contributed by atoms with Crippen LogP contribution in [0.25, 0.3) is 12.2 Å². The second kappa shape index (κ2) is 11.0. The number of methoxy groups -OCH3 is 2. The van der Waals surface area contributed by atoms with Crippen molar-refractivity contribution < 1.29 is 9.47 Å². The predicted octanol–water partition coefficient (Wildman–Crippen LogP) is 8.91. The van der Waals surface area contributed by atoms with Crippen LogP contribution in [0.15, 0.2) is 24.3 Å². The van der Waals surface area contributed by atoms with E-state index in [9.17, 15) is 0 Å². The first kappa shape index (κ1) is 26.4. The van der Waals surface area contributed by atoms with Crippen LogP contribution in [0.4, 0.5) is 0 Å². The molecule has 0 atom stereocenters. The molecule has 0 spiro atoms. The van der Waals surface area contributed by atoms with Crippen molar-refractivity contribution in [3.63, 3.8) is 0 Å². The molecule has 0 N–H and O–H groups in total. The highest BCUT2D eigenvalue weighted by Crippen LogP contribution is 2.37. The summed E-state index contributed by atoms with van der Waals surface area (Å²) >= 11 is 0. The second-order valence-corrected chi connectivity index (χ2v) is 12.0. The zero-order chi connectivity index (χ0) is 24.9. The molecule has 0 aromatic heterocycles. The first-order chi connectivity index (χ1) is 16.0. The molecule has 0 amide bonds. The van der Waals surface area contributed by atoms with Gasteiger partial charge in [-0.05, 0) is 70.9 Å². The average molecular weight is 463 g/mol. The van der Waals surface area contributed by atoms with Crippen LogP contribution < -0.4 is 9.47 Å². The van der Waals surface area contributed by atoms with E-state index >= 15 is 0 Å². The highest BCUT2D eigenvalue weighted by atomic mass is 16.5. The average Bonchev–Trinajstić information content (AvgIpc) is 2.76. The summed E-state index contributed by atoms with van der Waals surface area (Å²) in [5, 5.41) is 0. The standard InChI is InChI=1S/C32H46O2/c1-31(2,3)27-19-23-15-13-11-9-10-12-14-16-24-20-28(32(4,5)6)22-26(30(24)34-8)18-17-25(21-27)29(23)33-7/h17-22H,9-16H2,1-8H3/b18-17-. The predicted molar refractivity (Wildman–Crippen MR) is 147 cm³/mol. The highest BCUT2D eigenvalue weighted by molar-refractivity contribution is 5.77. The van der Waals surface area contributed by atoms with E-state index in [-0.39, 0.29) is 10.8 Å². The van der Waals surface area contributed by atoms with Gasteiger partial charge in [0.2, 0.25) is 0 Å². The Morgan fingerprint density at radius 1 is 0.529 bits per heavy atom. The summed E-state index contributed by atoms with van der Waals surface area (Å²) in [6.07, 6.45) is 14.2. The third-order valence-corrected chi connectivity index (χ3v) is 7.11. The molecule has 0 heterocycles. The molecular weight excluding hydrogens is 416 g/mol. The van der Waals surface area contributed by atoms with E-state index in [0.717, 1.165) is 35.5 Å². The van der Waals surface area contributed by atoms with Crippen molar-refractivity contribution in [2.75, 3.05) is 14.2 Å². The van der Waals surface area contributed by atoms with Gasteiger partial charge in [0.25, 0.3) is 0 Å². The van der Waals surface area contributed by atoms with Crippen LogP contribution in [0.2, 0.25) is 0 Å². The molecule has 2 aromatic rings. The summed E-state index contributed by atoms with van der Waals surface area (Å²) in [4.78, 5) is 0. The topological polar surface area (TPSA) is 18.5 Å². The number of benzene rings is 2. The van der Waals surface area contributed by atoms with Gasteiger partial charge in [-0.1, -0.05) is 91.5 Å². The van der Waals surface area contributed by atoms with Crippen LogP contribution in [0, 0.1) is 0 Å². The molecule has 0 unspecified atom stereocenters. The van der Waals surface area contributed by atoms with Crippen molar-refractivity contribution in [1.82, 2.24) is 0 Å². The Hall–Kier alpha value is -2.22. The Balaban J connectivity index is 2.21. The van der Waals surface area contributed by atoms with Crippen LogP contribution >= 0.6 is 0 Å². The Kier molecular flexibility index (Phi) is 8.55. The van der Waals surface area contributed by atoms with Gasteiger partial charge in [0.05, 0.1) is 14.2 Å². The van der Waals surface area contributed by atoms with Crippen LogP contribution in [-0.2, 0) is 23.7 Å². The molecule has 0 saturated carbocycles. The van der Waals surface area contributed by atoms with Crippen LogP contribution in [-0.4, -0.2) is 14.2 Å². The van der Waals surface area contributed by atoms with E-state index < -0.39 is 0 Å². The minimum atomic E-state index is 0.0848. The van der Waals surface area contributed by atoms with Crippen LogP contribution in [0.5, 0.6) is 11.5 Å². The van der Waals surface area contributed by atoms with E-state index in [4.69, 9.17) is 9.47 Å². The number of hydrogen-bond donors (Lipinski definition) is 0. The van der Waals surface area contributed by atoms with Gasteiger partial charge >= 0.3 is 0 Å². The molecule has 3 rings (SSSR count). The lowest BCUT2D eigenvalue weighted by atomic mass is 9.83. The van der Waals surface area contributed by atoms with Crippen molar-refractivity contribution in [3.05, 3.63) is 57.6 Å². The second-order valence-electron chi connectivity index (χ2n) is 12.0. The van der Waals surface area contributed by atoms with Crippen LogP contribution in [0.3, 0.4) is 0 Å². The van der Waals surface area contributed by atoms with Gasteiger partial charge in [-0.2, -0.15) is 0 Å². The number of rotatable bonds is 2. The molecule has 2 aromatic carbocycles. The van der Waals surface area contributed by atoms with Gasteiger partial charge in [-0.25, -0.2) is 0 Å². The van der Waals surface area contributed by atoms with E-state index in [1.54, 1.807) is 0 Å². The molecule has 2 nitrogen and oxygen atoms in total. The summed E-state index contributed by atoms with van der Waals surface area (Å²) < 4.78 is 12.0. The number of hydrogen-bond acceptors (Lipinski definition) is 2. The summed E-state index contributed by atoms with van der Waals surface area (Å²) in [6, 6.07) is 9.36. The largest absolute Gasteiger partial charge is 0.496 e. The van der Waals surface area contributed by atoms with E-state index in [1.165, 1.54) is 60.8 Å². The minimum Gasteiger partial charge on any atom is -0.496 e. The zero-order valence-electron chi connectivity index (χ0n) is 22.9. The first-order valence-corrected chi connectivity index (χ1v) is 13.2. The molecule has 2 heteroatoms. The highest BCUT2D eigenvalue weighted by Gasteiger charge is 2.21. The lowest BCUT2D eigenvalue weighted by molar-refractivity contribution is 0.406. The molecule has 0 aliphatic heterocycles. The SMILES string of the molecule is COc1c2cc(C(C)(C)C)cc1CCCCCCCCc1cc(C(C)(C)C)cc(c1OC)/C=C\2. The minimum absolute atomic E-state index is 0.0848. The lowest BCUT2D eigenvalue weighted by Crippen LogP contribution is -2.13. The third kappa shape index (κ3) is 6.46. The summed E-state index contributed by atoms with van der Waals surface area (Å²) in [7, 11) is 3.62. The lowest BCUT2D eigenvalue weighted by Gasteiger charge is -2.24. The molecule has 0 saturated heterocycles. The maximum absolute atomic E-state index is 6.00. The first-order valence-electron chi connectivity index (χ1n) is 13.2. The molecule has 0 radical (unpaired) electrons. The summed E-state index contributed by atoms with van der Waals surface area (Å²) in [6.45, 7) is 13.8. The van der Waals surface area contributed by atoms with Crippen molar-refractivity contribution in [2.24, 2.45) is 0 Å². The molecule has 0 fully saturated rings. The molecular formula is C32H46O2. The molecule has 186 valence electrons. The molecule has 1 aliphatic rings. The zero-order valence-corrected chi connectivity index (χ0v) is 22.9. The van der Waals surface area contributed by atoms with E-state index in [1.807, 2.05) is 14.2 Å². The maximum atomic E-state index is 6.00. The fourth-order valence-corrected chi connectivity index (χ4v) is 4.93. The number of aryl methyl sites for hydroxylation is 2. The fraction of sp³-hybridized carbons (Fsp3) is 0.562. The molecule has 1 aliphatic carbocycles. The maximum Gasteiger partial charge on any atom is 0.129 e. The van der Waals surface area contributed by atoms with E-state index in [0.29, 0.717) is 0 Å². The van der Waals surface area contributed by atoms with Gasteiger partial charge in [0, 0.05) is 11.1 Å². The number of ether oxygens (including phenoxy) is 2. The third-order valence-electron chi connectivity index (χ3n) is 7.11. The Morgan fingerprint density at radius 3 is 1.21 bits per heavy atom. The van der Waals surface area contributed by atoms with Gasteiger partial charge in [0.1, 0.15) is 11.5 Å². The summed E-state index contributed by atoms with van der Waals surface area (Å²) in [5.74, 6) is 2.03.